The summed E-state index contributed by atoms with van der Waals surface area (Å²) >= 11 is 1.64. The second-order valence-corrected chi connectivity index (χ2v) is 8.78. The highest BCUT2D eigenvalue weighted by Crippen LogP contribution is 2.56. The molecule has 26 heavy (non-hydrogen) atoms. The summed E-state index contributed by atoms with van der Waals surface area (Å²) in [6, 6.07) is 6.36. The topological polar surface area (TPSA) is 130 Å². The third kappa shape index (κ3) is 2.70. The van der Waals surface area contributed by atoms with Crippen molar-refractivity contribution in [3.05, 3.63) is 35.7 Å². The van der Waals surface area contributed by atoms with Gasteiger partial charge in [0.2, 0.25) is 11.8 Å². The Morgan fingerprint density at radius 2 is 2.12 bits per heavy atom. The minimum Gasteiger partial charge on any atom is -0.399 e. The standard InChI is InChI=1S/C16H19N7O2S/c1-16(2)12(13-19-21-22-20-13)23-14(25)11(15(23)26-16)18-10(24)7-8-3-5-9(17)6-4-8/h3-6,11-12,15H,7,17H2,1-2H3,(H,18,24)(H,19,20,21,22)/t11?,12?,15-/m1/s1. The van der Waals surface area contributed by atoms with E-state index in [0.29, 0.717) is 11.5 Å². The van der Waals surface area contributed by atoms with Gasteiger partial charge in [0.05, 0.1) is 6.42 Å². The van der Waals surface area contributed by atoms with Crippen molar-refractivity contribution in [3.8, 4) is 0 Å². The van der Waals surface area contributed by atoms with E-state index in [9.17, 15) is 9.59 Å². The summed E-state index contributed by atoms with van der Waals surface area (Å²) in [5.74, 6) is 0.265. The van der Waals surface area contributed by atoms with Gasteiger partial charge in [-0.15, -0.1) is 16.9 Å². The Morgan fingerprint density at radius 1 is 1.38 bits per heavy atom. The Kier molecular flexibility index (Phi) is 3.87. The predicted molar refractivity (Wildman–Crippen MR) is 95.7 cm³/mol. The average molecular weight is 373 g/mol. The number of hydrogen-bond acceptors (Lipinski definition) is 7. The molecular formula is C16H19N7O2S. The lowest BCUT2D eigenvalue weighted by Gasteiger charge is -2.44. The third-order valence-corrected chi connectivity index (χ3v) is 6.29. The molecule has 10 heteroatoms. The first-order chi connectivity index (χ1) is 12.4. The molecule has 2 aliphatic heterocycles. The van der Waals surface area contributed by atoms with E-state index in [2.05, 4.69) is 25.9 Å². The maximum Gasteiger partial charge on any atom is 0.249 e. The highest BCUT2D eigenvalue weighted by molar-refractivity contribution is 8.01. The van der Waals surface area contributed by atoms with Gasteiger partial charge in [-0.3, -0.25) is 9.59 Å². The van der Waals surface area contributed by atoms with Crippen LogP contribution in [0.5, 0.6) is 0 Å². The summed E-state index contributed by atoms with van der Waals surface area (Å²) < 4.78 is -0.266. The summed E-state index contributed by atoms with van der Waals surface area (Å²) in [6.45, 7) is 4.09. The molecular weight excluding hydrogens is 354 g/mol. The molecule has 2 fully saturated rings. The average Bonchev–Trinajstić information content (AvgIpc) is 3.19. The molecule has 1 aromatic heterocycles. The lowest BCUT2D eigenvalue weighted by molar-refractivity contribution is -0.151. The monoisotopic (exact) mass is 373 g/mol. The Labute approximate surface area is 154 Å². The van der Waals surface area contributed by atoms with Crippen molar-refractivity contribution in [2.24, 2.45) is 0 Å². The number of carbonyl (C=O) groups is 2. The summed E-state index contributed by atoms with van der Waals surface area (Å²) in [5.41, 5.74) is 7.16. The lowest BCUT2D eigenvalue weighted by atomic mass is 9.95. The van der Waals surface area contributed by atoms with Crippen molar-refractivity contribution in [2.75, 3.05) is 5.73 Å². The number of nitrogen functional groups attached to an aromatic ring is 1. The summed E-state index contributed by atoms with van der Waals surface area (Å²) in [7, 11) is 0. The number of aromatic amines is 1. The van der Waals surface area contributed by atoms with E-state index in [1.54, 1.807) is 28.8 Å². The Morgan fingerprint density at radius 3 is 2.77 bits per heavy atom. The van der Waals surface area contributed by atoms with Crippen molar-refractivity contribution >= 4 is 29.3 Å². The van der Waals surface area contributed by atoms with Gasteiger partial charge in [-0.05, 0) is 42.0 Å². The van der Waals surface area contributed by atoms with Crippen LogP contribution in [0.4, 0.5) is 5.69 Å². The zero-order valence-electron chi connectivity index (χ0n) is 14.3. The second kappa shape index (κ2) is 5.97. The molecule has 0 radical (unpaired) electrons. The van der Waals surface area contributed by atoms with Crippen LogP contribution in [-0.2, 0) is 16.0 Å². The van der Waals surface area contributed by atoms with Gasteiger partial charge in [-0.25, -0.2) is 5.10 Å². The van der Waals surface area contributed by atoms with Crippen LogP contribution in [0.15, 0.2) is 24.3 Å². The zero-order chi connectivity index (χ0) is 18.5. The zero-order valence-corrected chi connectivity index (χ0v) is 15.2. The quantitative estimate of drug-likeness (QED) is 0.517. The molecule has 4 N–H and O–H groups in total. The number of anilines is 1. The molecule has 3 heterocycles. The van der Waals surface area contributed by atoms with Crippen LogP contribution in [0.3, 0.4) is 0 Å². The smallest absolute Gasteiger partial charge is 0.249 e. The highest BCUT2D eigenvalue weighted by Gasteiger charge is 2.63. The molecule has 2 saturated heterocycles. The molecule has 0 bridgehead atoms. The first-order valence-electron chi connectivity index (χ1n) is 8.24. The lowest BCUT2D eigenvalue weighted by Crippen LogP contribution is -2.68. The summed E-state index contributed by atoms with van der Waals surface area (Å²) in [6.07, 6.45) is 0.209. The number of nitrogens with one attached hydrogen (secondary N) is 2. The number of carbonyl (C=O) groups excluding carboxylic acids is 2. The number of thioether (sulfide) groups is 1. The Hall–Kier alpha value is -2.62. The van der Waals surface area contributed by atoms with Gasteiger partial charge in [-0.1, -0.05) is 12.1 Å². The molecule has 2 aliphatic rings. The van der Waals surface area contributed by atoms with Gasteiger partial charge in [0.25, 0.3) is 0 Å². The molecule has 136 valence electrons. The van der Waals surface area contributed by atoms with Gasteiger partial charge in [0.15, 0.2) is 5.82 Å². The predicted octanol–water partition coefficient (Wildman–Crippen LogP) is 0.244. The molecule has 9 nitrogen and oxygen atoms in total. The van der Waals surface area contributed by atoms with Gasteiger partial charge >= 0.3 is 0 Å². The van der Waals surface area contributed by atoms with Gasteiger partial charge in [-0.2, -0.15) is 0 Å². The molecule has 0 saturated carbocycles. The van der Waals surface area contributed by atoms with E-state index >= 15 is 0 Å². The normalized spacial score (nSPS) is 26.3. The first kappa shape index (κ1) is 16.8. The van der Waals surface area contributed by atoms with Crippen LogP contribution in [-0.4, -0.2) is 53.5 Å². The highest BCUT2D eigenvalue weighted by atomic mass is 32.2. The molecule has 4 rings (SSSR count). The van der Waals surface area contributed by atoms with Crippen LogP contribution >= 0.6 is 11.8 Å². The van der Waals surface area contributed by atoms with Crippen LogP contribution in [0.25, 0.3) is 0 Å². The number of benzene rings is 1. The van der Waals surface area contributed by atoms with E-state index in [-0.39, 0.29) is 34.4 Å². The second-order valence-electron chi connectivity index (χ2n) is 7.01. The molecule has 1 aromatic carbocycles. The van der Waals surface area contributed by atoms with Crippen LogP contribution < -0.4 is 11.1 Å². The largest absolute Gasteiger partial charge is 0.399 e. The third-order valence-electron chi connectivity index (χ3n) is 4.72. The van der Waals surface area contributed by atoms with Crippen molar-refractivity contribution in [1.82, 2.24) is 30.8 Å². The van der Waals surface area contributed by atoms with Crippen molar-refractivity contribution in [3.63, 3.8) is 0 Å². The van der Waals surface area contributed by atoms with E-state index < -0.39 is 6.04 Å². The van der Waals surface area contributed by atoms with Crippen molar-refractivity contribution < 1.29 is 9.59 Å². The number of H-pyrrole nitrogens is 1. The maximum atomic E-state index is 12.7. The van der Waals surface area contributed by atoms with E-state index in [1.807, 2.05) is 26.0 Å². The summed E-state index contributed by atoms with van der Waals surface area (Å²) in [5, 5.41) is 16.7. The van der Waals surface area contributed by atoms with Crippen LogP contribution in [0.2, 0.25) is 0 Å². The van der Waals surface area contributed by atoms with Gasteiger partial charge in [0, 0.05) is 10.4 Å². The molecule has 0 aliphatic carbocycles. The van der Waals surface area contributed by atoms with E-state index in [0.717, 1.165) is 5.56 Å². The fraction of sp³-hybridized carbons (Fsp3) is 0.438. The number of rotatable bonds is 4. The number of hydrogen-bond donors (Lipinski definition) is 3. The Bertz CT molecular complexity index is 837. The Balaban J connectivity index is 1.45. The number of fused-ring (bicyclic) bond motifs is 1. The number of amides is 2. The van der Waals surface area contributed by atoms with Gasteiger partial charge in [0.1, 0.15) is 17.5 Å². The van der Waals surface area contributed by atoms with Crippen molar-refractivity contribution in [2.45, 2.75) is 42.5 Å². The van der Waals surface area contributed by atoms with E-state index in [4.69, 9.17) is 5.73 Å². The van der Waals surface area contributed by atoms with Crippen LogP contribution in [0.1, 0.15) is 31.3 Å². The molecule has 2 unspecified atom stereocenters. The number of nitrogens with two attached hydrogens (primary N) is 1. The van der Waals surface area contributed by atoms with Crippen LogP contribution in [0, 0.1) is 0 Å². The SMILES string of the molecule is CC1(C)S[C@@H]2C(NC(=O)Cc3ccc(N)cc3)C(=O)N2C1c1nnn[nH]1. The minimum atomic E-state index is -0.526. The van der Waals surface area contributed by atoms with Crippen molar-refractivity contribution in [1.29, 1.82) is 0 Å². The fourth-order valence-electron chi connectivity index (χ4n) is 3.52. The first-order valence-corrected chi connectivity index (χ1v) is 9.12. The molecule has 2 aromatic rings. The molecule has 3 atom stereocenters. The fourth-order valence-corrected chi connectivity index (χ4v) is 5.15. The number of nitrogens with zero attached hydrogens (tertiary/aromatic N) is 4. The molecule has 0 spiro atoms. The number of aromatic nitrogens is 4. The van der Waals surface area contributed by atoms with E-state index in [1.165, 1.54) is 0 Å². The summed E-state index contributed by atoms with van der Waals surface area (Å²) in [4.78, 5) is 26.8. The molecule has 2 amide bonds. The van der Waals surface area contributed by atoms with Gasteiger partial charge < -0.3 is 16.0 Å². The number of β-lactam (4-membered cyclic amide) rings is 1. The minimum absolute atomic E-state index is 0.111. The maximum absolute atomic E-state index is 12.7. The number of tetrazole rings is 1.